The summed E-state index contributed by atoms with van der Waals surface area (Å²) in [5, 5.41) is 0.527. The quantitative estimate of drug-likeness (QED) is 0.787. The molecule has 0 aliphatic rings. The van der Waals surface area contributed by atoms with Gasteiger partial charge >= 0.3 is 0 Å². The van der Waals surface area contributed by atoms with E-state index in [4.69, 9.17) is 17.3 Å². The molecule has 11 heavy (non-hydrogen) atoms. The van der Waals surface area contributed by atoms with Gasteiger partial charge < -0.3 is 5.73 Å². The third-order valence-corrected chi connectivity index (χ3v) is 2.37. The van der Waals surface area contributed by atoms with Gasteiger partial charge in [-0.05, 0) is 40.8 Å². The minimum Gasteiger partial charge on any atom is -0.366 e. The topological polar surface area (TPSA) is 43.1 Å². The smallest absolute Gasteiger partial charge is 0.249 e. The van der Waals surface area contributed by atoms with Gasteiger partial charge in [-0.25, -0.2) is 0 Å². The Balaban J connectivity index is 3.23. The van der Waals surface area contributed by atoms with Crippen LogP contribution in [-0.2, 0) is 0 Å². The first-order chi connectivity index (χ1) is 5.11. The minimum absolute atomic E-state index is 0.447. The van der Waals surface area contributed by atoms with E-state index in [9.17, 15) is 4.79 Å². The van der Waals surface area contributed by atoms with Gasteiger partial charge in [0.15, 0.2) is 0 Å². The highest BCUT2D eigenvalue weighted by atomic mass is 127. The van der Waals surface area contributed by atoms with Crippen molar-refractivity contribution in [3.8, 4) is 0 Å². The largest absolute Gasteiger partial charge is 0.366 e. The average Bonchev–Trinajstić information content (AvgIpc) is 1.94. The predicted molar refractivity (Wildman–Crippen MR) is 52.7 cm³/mol. The Morgan fingerprint density at radius 3 is 2.64 bits per heavy atom. The number of nitrogens with two attached hydrogens (primary N) is 1. The summed E-state index contributed by atoms with van der Waals surface area (Å²) in [5.41, 5.74) is 5.55. The minimum atomic E-state index is -0.447. The van der Waals surface area contributed by atoms with Gasteiger partial charge in [-0.15, -0.1) is 0 Å². The van der Waals surface area contributed by atoms with Crippen LogP contribution in [0.15, 0.2) is 18.2 Å². The summed E-state index contributed by atoms with van der Waals surface area (Å²) < 4.78 is 0.819. The van der Waals surface area contributed by atoms with Crippen LogP contribution >= 0.6 is 34.2 Å². The lowest BCUT2D eigenvalue weighted by Gasteiger charge is -1.98. The number of benzene rings is 1. The fourth-order valence-corrected chi connectivity index (χ4v) is 1.46. The molecular formula is C7H5ClINO. The molecule has 4 heteroatoms. The Hall–Kier alpha value is -0.290. The van der Waals surface area contributed by atoms with Crippen molar-refractivity contribution >= 4 is 40.1 Å². The zero-order chi connectivity index (χ0) is 8.43. The molecule has 2 N–H and O–H groups in total. The number of halogens is 2. The summed E-state index contributed by atoms with van der Waals surface area (Å²) in [7, 11) is 0. The normalized spacial score (nSPS) is 9.64. The molecule has 1 amide bonds. The number of amides is 1. The first kappa shape index (κ1) is 8.80. The molecule has 0 aromatic heterocycles. The fourth-order valence-electron chi connectivity index (χ4n) is 0.686. The highest BCUT2D eigenvalue weighted by Gasteiger charge is 2.05. The molecule has 0 fully saturated rings. The number of hydrogen-bond acceptors (Lipinski definition) is 1. The van der Waals surface area contributed by atoms with Crippen LogP contribution in [-0.4, -0.2) is 5.91 Å². The van der Waals surface area contributed by atoms with E-state index in [0.717, 1.165) is 3.57 Å². The van der Waals surface area contributed by atoms with Gasteiger partial charge in [0.25, 0.3) is 0 Å². The van der Waals surface area contributed by atoms with Gasteiger partial charge in [0.2, 0.25) is 5.91 Å². The SMILES string of the molecule is NC(=O)c1cc(Cl)ccc1I. The first-order valence-corrected chi connectivity index (χ1v) is 4.32. The van der Waals surface area contributed by atoms with Gasteiger partial charge in [0.05, 0.1) is 5.56 Å². The molecule has 0 radical (unpaired) electrons. The van der Waals surface area contributed by atoms with Crippen molar-refractivity contribution < 1.29 is 4.79 Å². The van der Waals surface area contributed by atoms with Crippen molar-refractivity contribution in [2.45, 2.75) is 0 Å². The molecule has 0 aliphatic heterocycles. The highest BCUT2D eigenvalue weighted by Crippen LogP contribution is 2.16. The van der Waals surface area contributed by atoms with Crippen LogP contribution in [0.3, 0.4) is 0 Å². The second-order valence-corrected chi connectivity index (χ2v) is 3.59. The van der Waals surface area contributed by atoms with Crippen LogP contribution in [0.25, 0.3) is 0 Å². The summed E-state index contributed by atoms with van der Waals surface area (Å²) in [6.07, 6.45) is 0. The molecule has 0 unspecified atom stereocenters. The molecule has 1 aromatic rings. The van der Waals surface area contributed by atoms with E-state index in [2.05, 4.69) is 0 Å². The summed E-state index contributed by atoms with van der Waals surface area (Å²) in [6, 6.07) is 5.03. The molecular weight excluding hydrogens is 276 g/mol. The molecule has 1 aromatic carbocycles. The summed E-state index contributed by atoms with van der Waals surface area (Å²) in [5.74, 6) is -0.447. The zero-order valence-corrected chi connectivity index (χ0v) is 8.39. The lowest BCUT2D eigenvalue weighted by molar-refractivity contribution is 0.0999. The van der Waals surface area contributed by atoms with Gasteiger partial charge in [0.1, 0.15) is 0 Å². The standard InChI is InChI=1S/C7H5ClINO/c8-4-1-2-6(9)5(3-4)7(10)11/h1-3H,(H2,10,11). The van der Waals surface area contributed by atoms with Crippen molar-refractivity contribution in [1.82, 2.24) is 0 Å². The fraction of sp³-hybridized carbons (Fsp3) is 0. The molecule has 0 saturated carbocycles. The molecule has 0 saturated heterocycles. The summed E-state index contributed by atoms with van der Waals surface area (Å²) in [6.45, 7) is 0. The van der Waals surface area contributed by atoms with E-state index < -0.39 is 5.91 Å². The van der Waals surface area contributed by atoms with Crippen molar-refractivity contribution in [2.24, 2.45) is 5.73 Å². The van der Waals surface area contributed by atoms with Crippen molar-refractivity contribution in [1.29, 1.82) is 0 Å². The molecule has 58 valence electrons. The van der Waals surface area contributed by atoms with Gasteiger partial charge in [-0.3, -0.25) is 4.79 Å². The van der Waals surface area contributed by atoms with Crippen LogP contribution in [0, 0.1) is 3.57 Å². The van der Waals surface area contributed by atoms with Crippen molar-refractivity contribution in [3.05, 3.63) is 32.4 Å². The number of hydrogen-bond donors (Lipinski definition) is 1. The van der Waals surface area contributed by atoms with E-state index in [0.29, 0.717) is 10.6 Å². The molecule has 2 nitrogen and oxygen atoms in total. The van der Waals surface area contributed by atoms with E-state index >= 15 is 0 Å². The maximum atomic E-state index is 10.7. The van der Waals surface area contributed by atoms with Gasteiger partial charge in [-0.1, -0.05) is 11.6 Å². The molecule has 0 atom stereocenters. The molecule has 0 aliphatic carbocycles. The third kappa shape index (κ3) is 2.07. The second-order valence-electron chi connectivity index (χ2n) is 1.99. The zero-order valence-electron chi connectivity index (χ0n) is 5.47. The number of rotatable bonds is 1. The van der Waals surface area contributed by atoms with E-state index in [-0.39, 0.29) is 0 Å². The first-order valence-electron chi connectivity index (χ1n) is 2.86. The van der Waals surface area contributed by atoms with Gasteiger partial charge in [-0.2, -0.15) is 0 Å². The summed E-state index contributed by atoms with van der Waals surface area (Å²) in [4.78, 5) is 10.7. The monoisotopic (exact) mass is 281 g/mol. The maximum absolute atomic E-state index is 10.7. The van der Waals surface area contributed by atoms with Crippen LogP contribution in [0.1, 0.15) is 10.4 Å². The number of carbonyl (C=O) groups is 1. The lowest BCUT2D eigenvalue weighted by atomic mass is 10.2. The Morgan fingerprint density at radius 2 is 2.18 bits per heavy atom. The Morgan fingerprint density at radius 1 is 1.55 bits per heavy atom. The third-order valence-electron chi connectivity index (χ3n) is 1.19. The number of carbonyl (C=O) groups excluding carboxylic acids is 1. The van der Waals surface area contributed by atoms with Gasteiger partial charge in [0, 0.05) is 8.59 Å². The van der Waals surface area contributed by atoms with Crippen molar-refractivity contribution in [2.75, 3.05) is 0 Å². The van der Waals surface area contributed by atoms with E-state index in [1.807, 2.05) is 22.6 Å². The molecule has 0 heterocycles. The number of primary amides is 1. The predicted octanol–water partition coefficient (Wildman–Crippen LogP) is 2.04. The van der Waals surface area contributed by atoms with Crippen LogP contribution in [0.5, 0.6) is 0 Å². The Kier molecular flexibility index (Phi) is 2.72. The molecule has 1 rings (SSSR count). The average molecular weight is 281 g/mol. The summed E-state index contributed by atoms with van der Waals surface area (Å²) >= 11 is 7.68. The molecule has 0 bridgehead atoms. The van der Waals surface area contributed by atoms with E-state index in [1.54, 1.807) is 18.2 Å². The maximum Gasteiger partial charge on any atom is 0.249 e. The molecule has 0 spiro atoms. The van der Waals surface area contributed by atoms with Crippen molar-refractivity contribution in [3.63, 3.8) is 0 Å². The lowest BCUT2D eigenvalue weighted by Crippen LogP contribution is -2.12. The van der Waals surface area contributed by atoms with Crippen LogP contribution in [0.4, 0.5) is 0 Å². The van der Waals surface area contributed by atoms with Crippen LogP contribution in [0.2, 0.25) is 5.02 Å². The Bertz CT molecular complexity index is 300. The Labute approximate surface area is 82.9 Å². The highest BCUT2D eigenvalue weighted by molar-refractivity contribution is 14.1. The van der Waals surface area contributed by atoms with Crippen LogP contribution < -0.4 is 5.73 Å². The second kappa shape index (κ2) is 3.40. The van der Waals surface area contributed by atoms with E-state index in [1.165, 1.54) is 0 Å².